The second-order valence-corrected chi connectivity index (χ2v) is 11.2. The number of hydrogen-bond donors (Lipinski definition) is 1. The number of nitro benzene ring substituents is 1. The Kier molecular flexibility index (Phi) is 7.06. The van der Waals surface area contributed by atoms with E-state index in [-0.39, 0.29) is 22.4 Å². The number of ether oxygens (including phenoxy) is 1. The lowest BCUT2D eigenvalue weighted by atomic mass is 10.2. The molecule has 12 heteroatoms. The van der Waals surface area contributed by atoms with E-state index in [0.29, 0.717) is 13.1 Å². The van der Waals surface area contributed by atoms with Crippen molar-refractivity contribution in [1.29, 1.82) is 0 Å². The van der Waals surface area contributed by atoms with Crippen LogP contribution >= 0.6 is 0 Å². The van der Waals surface area contributed by atoms with Gasteiger partial charge in [-0.05, 0) is 51.0 Å². The lowest BCUT2D eigenvalue weighted by Gasteiger charge is -2.26. The Morgan fingerprint density at radius 2 is 1.69 bits per heavy atom. The molecule has 0 aliphatic carbocycles. The van der Waals surface area contributed by atoms with Gasteiger partial charge in [-0.2, -0.15) is 4.31 Å². The summed E-state index contributed by atoms with van der Waals surface area (Å²) in [6.07, 6.45) is 2.14. The molecule has 0 saturated carbocycles. The fraction of sp³-hybridized carbons (Fsp3) is 0.400. The molecule has 1 saturated heterocycles. The van der Waals surface area contributed by atoms with Gasteiger partial charge < -0.3 is 4.74 Å². The van der Waals surface area contributed by atoms with Gasteiger partial charge in [-0.15, -0.1) is 0 Å². The van der Waals surface area contributed by atoms with Gasteiger partial charge in [0.25, 0.3) is 15.7 Å². The van der Waals surface area contributed by atoms with E-state index in [1.807, 2.05) is 0 Å². The van der Waals surface area contributed by atoms with E-state index in [1.165, 1.54) is 34.6 Å². The lowest BCUT2D eigenvalue weighted by molar-refractivity contribution is -0.387. The fourth-order valence-corrected chi connectivity index (χ4v) is 6.17. The van der Waals surface area contributed by atoms with E-state index in [0.717, 1.165) is 31.4 Å². The summed E-state index contributed by atoms with van der Waals surface area (Å²) in [5, 5.41) is 11.3. The molecule has 174 valence electrons. The highest BCUT2D eigenvalue weighted by Crippen LogP contribution is 2.34. The molecule has 0 radical (unpaired) electrons. The maximum absolute atomic E-state index is 13.1. The van der Waals surface area contributed by atoms with E-state index in [9.17, 15) is 26.9 Å². The molecule has 1 fully saturated rings. The maximum Gasteiger partial charge on any atom is 0.289 e. The molecule has 2 aromatic rings. The summed E-state index contributed by atoms with van der Waals surface area (Å²) in [5.41, 5.74) is -0.710. The zero-order chi connectivity index (χ0) is 23.5. The van der Waals surface area contributed by atoms with Gasteiger partial charge in [-0.25, -0.2) is 16.8 Å². The molecule has 0 spiro atoms. The van der Waals surface area contributed by atoms with Crippen molar-refractivity contribution in [1.82, 2.24) is 4.31 Å². The van der Waals surface area contributed by atoms with Crippen molar-refractivity contribution >= 4 is 31.4 Å². The Balaban J connectivity index is 2.06. The normalized spacial score (nSPS) is 15.5. The number of sulfonamides is 2. The number of nitro groups is 1. The van der Waals surface area contributed by atoms with Crippen LogP contribution in [0.3, 0.4) is 0 Å². The number of hydrogen-bond acceptors (Lipinski definition) is 7. The number of nitrogens with one attached hydrogen (secondary N) is 1. The van der Waals surface area contributed by atoms with Crippen molar-refractivity contribution < 1.29 is 26.5 Å². The molecule has 0 aromatic heterocycles. The van der Waals surface area contributed by atoms with Crippen LogP contribution in [-0.2, 0) is 20.0 Å². The first-order chi connectivity index (χ1) is 15.0. The summed E-state index contributed by atoms with van der Waals surface area (Å²) in [5.74, 6) is 0.111. The van der Waals surface area contributed by atoms with Gasteiger partial charge in [0.15, 0.2) is 4.90 Å². The van der Waals surface area contributed by atoms with Gasteiger partial charge in [-0.3, -0.25) is 14.8 Å². The van der Waals surface area contributed by atoms with Gasteiger partial charge in [0.1, 0.15) is 5.75 Å². The Morgan fingerprint density at radius 1 is 1.03 bits per heavy atom. The van der Waals surface area contributed by atoms with Gasteiger partial charge in [0.05, 0.1) is 21.6 Å². The van der Waals surface area contributed by atoms with Crippen molar-refractivity contribution in [3.05, 3.63) is 52.6 Å². The molecule has 10 nitrogen and oxygen atoms in total. The SMILES string of the molecule is CC(C)Oc1ccc(S(=O)(=O)N2CCCCC2)cc1NS(=O)(=O)c1ccccc1[N+](=O)[O-]. The average molecular weight is 484 g/mol. The number of piperidine rings is 1. The molecular formula is C20H25N3O7S2. The highest BCUT2D eigenvalue weighted by Gasteiger charge is 2.29. The monoisotopic (exact) mass is 483 g/mol. The molecule has 0 atom stereocenters. The zero-order valence-electron chi connectivity index (χ0n) is 17.7. The van der Waals surface area contributed by atoms with E-state index in [1.54, 1.807) is 13.8 Å². The number of nitrogens with zero attached hydrogens (tertiary/aromatic N) is 2. The smallest absolute Gasteiger partial charge is 0.289 e. The Morgan fingerprint density at radius 3 is 2.31 bits per heavy atom. The highest BCUT2D eigenvalue weighted by atomic mass is 32.2. The van der Waals surface area contributed by atoms with Crippen molar-refractivity contribution in [3.8, 4) is 5.75 Å². The fourth-order valence-electron chi connectivity index (χ4n) is 3.40. The lowest BCUT2D eigenvalue weighted by Crippen LogP contribution is -2.35. The molecule has 0 bridgehead atoms. The molecule has 1 N–H and O–H groups in total. The van der Waals surface area contributed by atoms with E-state index in [2.05, 4.69) is 4.72 Å². The first-order valence-electron chi connectivity index (χ1n) is 10.1. The van der Waals surface area contributed by atoms with Crippen LogP contribution < -0.4 is 9.46 Å². The van der Waals surface area contributed by atoms with Gasteiger partial charge >= 0.3 is 0 Å². The van der Waals surface area contributed by atoms with Crippen molar-refractivity contribution in [3.63, 3.8) is 0 Å². The predicted octanol–water partition coefficient (Wildman–Crippen LogP) is 3.36. The third kappa shape index (κ3) is 5.19. The molecule has 0 unspecified atom stereocenters. The number of anilines is 1. The summed E-state index contributed by atoms with van der Waals surface area (Å²) >= 11 is 0. The highest BCUT2D eigenvalue weighted by molar-refractivity contribution is 7.93. The molecule has 1 heterocycles. The standard InChI is InChI=1S/C20H25N3O7S2/c1-15(2)30-19-11-10-16(32(28,29)22-12-6-3-7-13-22)14-17(19)21-31(26,27)20-9-5-4-8-18(20)23(24)25/h4-5,8-11,14-15,21H,3,6-7,12-13H2,1-2H3. The minimum Gasteiger partial charge on any atom is -0.489 e. The van der Waals surface area contributed by atoms with Crippen LogP contribution in [0.5, 0.6) is 5.75 Å². The molecule has 2 aromatic carbocycles. The first-order valence-corrected chi connectivity index (χ1v) is 13.0. The van der Waals surface area contributed by atoms with Crippen LogP contribution in [0, 0.1) is 10.1 Å². The van der Waals surface area contributed by atoms with Crippen molar-refractivity contribution in [2.45, 2.75) is 49.0 Å². The molecule has 0 amide bonds. The van der Waals surface area contributed by atoms with Gasteiger partial charge in [0, 0.05) is 19.2 Å². The summed E-state index contributed by atoms with van der Waals surface area (Å²) in [4.78, 5) is 9.88. The van der Waals surface area contributed by atoms with Crippen LogP contribution in [-0.4, -0.2) is 45.3 Å². The minimum atomic E-state index is -4.41. The minimum absolute atomic E-state index is 0.0873. The first kappa shape index (κ1) is 24.0. The van der Waals surface area contributed by atoms with Crippen molar-refractivity contribution in [2.75, 3.05) is 17.8 Å². The quantitative estimate of drug-likeness (QED) is 0.449. The largest absolute Gasteiger partial charge is 0.489 e. The van der Waals surface area contributed by atoms with Crippen LogP contribution in [0.15, 0.2) is 52.3 Å². The van der Waals surface area contributed by atoms with Gasteiger partial charge in [-0.1, -0.05) is 18.6 Å². The second-order valence-electron chi connectivity index (χ2n) is 7.62. The Bertz CT molecular complexity index is 1210. The zero-order valence-corrected chi connectivity index (χ0v) is 19.4. The average Bonchev–Trinajstić information content (AvgIpc) is 2.75. The summed E-state index contributed by atoms with van der Waals surface area (Å²) < 4.78 is 61.4. The molecule has 1 aliphatic rings. The Hall–Kier alpha value is -2.70. The third-order valence-corrected chi connectivity index (χ3v) is 8.17. The van der Waals surface area contributed by atoms with E-state index in [4.69, 9.17) is 4.74 Å². The van der Waals surface area contributed by atoms with Crippen LogP contribution in [0.1, 0.15) is 33.1 Å². The number of benzene rings is 2. The van der Waals surface area contributed by atoms with Gasteiger partial charge in [0.2, 0.25) is 10.0 Å². The topological polar surface area (TPSA) is 136 Å². The summed E-state index contributed by atoms with van der Waals surface area (Å²) in [7, 11) is -8.25. The number of rotatable bonds is 8. The summed E-state index contributed by atoms with van der Waals surface area (Å²) in [6.45, 7) is 4.26. The Labute approximate surface area is 187 Å². The van der Waals surface area contributed by atoms with Crippen LogP contribution in [0.4, 0.5) is 11.4 Å². The third-order valence-electron chi connectivity index (χ3n) is 4.86. The van der Waals surface area contributed by atoms with Crippen LogP contribution in [0.25, 0.3) is 0 Å². The molecular weight excluding hydrogens is 458 g/mol. The molecule has 1 aliphatic heterocycles. The maximum atomic E-state index is 13.1. The number of para-hydroxylation sites is 1. The second kappa shape index (κ2) is 9.43. The van der Waals surface area contributed by atoms with Crippen LogP contribution in [0.2, 0.25) is 0 Å². The van der Waals surface area contributed by atoms with E-state index < -0.39 is 35.6 Å². The van der Waals surface area contributed by atoms with E-state index >= 15 is 0 Å². The molecule has 32 heavy (non-hydrogen) atoms. The molecule has 3 rings (SSSR count). The summed E-state index contributed by atoms with van der Waals surface area (Å²) in [6, 6.07) is 8.85. The van der Waals surface area contributed by atoms with Crippen molar-refractivity contribution in [2.24, 2.45) is 0 Å². The predicted molar refractivity (Wildman–Crippen MR) is 119 cm³/mol.